The van der Waals surface area contributed by atoms with E-state index in [1.165, 1.54) is 11.3 Å². The molecule has 4 rings (SSSR count). The van der Waals surface area contributed by atoms with Crippen molar-refractivity contribution < 1.29 is 4.79 Å². The van der Waals surface area contributed by atoms with Crippen molar-refractivity contribution >= 4 is 28.8 Å². The molecule has 0 atom stereocenters. The van der Waals surface area contributed by atoms with Gasteiger partial charge in [0.2, 0.25) is 0 Å². The van der Waals surface area contributed by atoms with Crippen LogP contribution in [0.5, 0.6) is 0 Å². The minimum absolute atomic E-state index is 0.0951. The number of para-hydroxylation sites is 1. The lowest BCUT2D eigenvalue weighted by Crippen LogP contribution is -2.31. The minimum Gasteiger partial charge on any atom is -0.294 e. The van der Waals surface area contributed by atoms with Gasteiger partial charge in [0.25, 0.3) is 5.56 Å². The zero-order valence-corrected chi connectivity index (χ0v) is 14.3. The summed E-state index contributed by atoms with van der Waals surface area (Å²) in [7, 11) is 0. The van der Waals surface area contributed by atoms with Crippen molar-refractivity contribution in [1.82, 2.24) is 9.55 Å². The number of hydrogen-bond acceptors (Lipinski definition) is 4. The molecule has 0 bridgehead atoms. The predicted molar refractivity (Wildman–Crippen MR) is 99.2 cm³/mol. The second kappa shape index (κ2) is 6.61. The van der Waals surface area contributed by atoms with E-state index >= 15 is 0 Å². The number of aromatic nitrogens is 2. The third-order valence-electron chi connectivity index (χ3n) is 4.25. The number of thiazole rings is 1. The normalized spacial score (nSPS) is 17.3. The lowest BCUT2D eigenvalue weighted by atomic mass is 10.2. The molecule has 0 unspecified atom stereocenters. The number of Topliss-reactive ketones (excluding diaryl/α,β-unsaturated/α-hetero) is 1. The Balaban J connectivity index is 2.05. The highest BCUT2D eigenvalue weighted by Crippen LogP contribution is 2.20. The first-order valence-electron chi connectivity index (χ1n) is 8.19. The van der Waals surface area contributed by atoms with Gasteiger partial charge < -0.3 is 0 Å². The molecule has 1 aromatic carbocycles. The van der Waals surface area contributed by atoms with Gasteiger partial charge in [0.1, 0.15) is 4.66 Å². The number of ketones is 1. The van der Waals surface area contributed by atoms with Gasteiger partial charge in [0.15, 0.2) is 5.78 Å². The highest BCUT2D eigenvalue weighted by atomic mass is 32.1. The molecule has 0 radical (unpaired) electrons. The van der Waals surface area contributed by atoms with Crippen molar-refractivity contribution in [2.24, 2.45) is 0 Å². The predicted octanol–water partition coefficient (Wildman–Crippen LogP) is 2.03. The van der Waals surface area contributed by atoms with Crippen LogP contribution in [-0.2, 0) is 4.79 Å². The molecule has 1 aliphatic carbocycles. The SMILES string of the molecule is O=C1CCC/C1=c1\s/c(=C/c2cccnc2)c(=O)n1-c1ccccc1. The van der Waals surface area contributed by atoms with Gasteiger partial charge in [0, 0.05) is 24.4 Å². The van der Waals surface area contributed by atoms with Crippen LogP contribution in [0.25, 0.3) is 17.3 Å². The maximum atomic E-state index is 13.1. The molecule has 5 heteroatoms. The van der Waals surface area contributed by atoms with E-state index in [2.05, 4.69) is 4.98 Å². The molecule has 25 heavy (non-hydrogen) atoms. The van der Waals surface area contributed by atoms with Crippen LogP contribution in [0, 0.1) is 0 Å². The third-order valence-corrected chi connectivity index (χ3v) is 5.38. The summed E-state index contributed by atoms with van der Waals surface area (Å²) in [5.74, 6) is 0.152. The summed E-state index contributed by atoms with van der Waals surface area (Å²) in [6.45, 7) is 0. The lowest BCUT2D eigenvalue weighted by molar-refractivity contribution is -0.113. The molecule has 0 N–H and O–H groups in total. The zero-order valence-electron chi connectivity index (χ0n) is 13.5. The molecule has 4 nitrogen and oxygen atoms in total. The van der Waals surface area contributed by atoms with Crippen molar-refractivity contribution in [2.75, 3.05) is 0 Å². The van der Waals surface area contributed by atoms with Gasteiger partial charge in [-0.1, -0.05) is 24.3 Å². The molecule has 0 saturated heterocycles. The summed E-state index contributed by atoms with van der Waals surface area (Å²) in [5.41, 5.74) is 2.34. The Labute approximate surface area is 148 Å². The molecule has 1 saturated carbocycles. The van der Waals surface area contributed by atoms with Crippen LogP contribution >= 0.6 is 11.3 Å². The first-order valence-corrected chi connectivity index (χ1v) is 9.01. The second-order valence-corrected chi connectivity index (χ2v) is 6.96. The van der Waals surface area contributed by atoms with E-state index in [0.717, 1.165) is 34.3 Å². The highest BCUT2D eigenvalue weighted by molar-refractivity contribution is 7.07. The lowest BCUT2D eigenvalue weighted by Gasteiger charge is -2.03. The molecule has 0 aliphatic heterocycles. The fraction of sp³-hybridized carbons (Fsp3) is 0.150. The smallest absolute Gasteiger partial charge is 0.273 e. The number of nitrogens with zero attached hydrogens (tertiary/aromatic N) is 2. The van der Waals surface area contributed by atoms with Crippen LogP contribution in [0.1, 0.15) is 24.8 Å². The summed E-state index contributed by atoms with van der Waals surface area (Å²) >= 11 is 1.39. The van der Waals surface area contributed by atoms with Crippen molar-refractivity contribution in [3.8, 4) is 5.69 Å². The summed E-state index contributed by atoms with van der Waals surface area (Å²) in [6.07, 6.45) is 7.42. The summed E-state index contributed by atoms with van der Waals surface area (Å²) in [6, 6.07) is 13.2. The van der Waals surface area contributed by atoms with E-state index in [9.17, 15) is 9.59 Å². The van der Waals surface area contributed by atoms with E-state index < -0.39 is 0 Å². The Hall–Kier alpha value is -2.79. The Kier molecular flexibility index (Phi) is 4.15. The van der Waals surface area contributed by atoms with Gasteiger partial charge in [0.05, 0.1) is 10.2 Å². The first-order chi connectivity index (χ1) is 12.2. The van der Waals surface area contributed by atoms with Gasteiger partial charge in [-0.3, -0.25) is 19.1 Å². The van der Waals surface area contributed by atoms with Gasteiger partial charge in [-0.25, -0.2) is 0 Å². The number of hydrogen-bond donors (Lipinski definition) is 0. The number of rotatable bonds is 2. The average molecular weight is 348 g/mol. The van der Waals surface area contributed by atoms with Crippen molar-refractivity contribution in [3.63, 3.8) is 0 Å². The monoisotopic (exact) mass is 348 g/mol. The number of pyridine rings is 1. The molecule has 2 heterocycles. The summed E-state index contributed by atoms with van der Waals surface area (Å²) < 4.78 is 3.04. The molecule has 3 aromatic rings. The Morgan fingerprint density at radius 3 is 2.56 bits per heavy atom. The van der Waals surface area contributed by atoms with Crippen LogP contribution in [-0.4, -0.2) is 15.3 Å². The Morgan fingerprint density at radius 2 is 1.88 bits per heavy atom. The summed E-state index contributed by atoms with van der Waals surface area (Å²) in [4.78, 5) is 29.4. The van der Waals surface area contributed by atoms with Gasteiger partial charge >= 0.3 is 0 Å². The van der Waals surface area contributed by atoms with E-state index in [4.69, 9.17) is 0 Å². The topological polar surface area (TPSA) is 52.0 Å². The largest absolute Gasteiger partial charge is 0.294 e. The maximum Gasteiger partial charge on any atom is 0.273 e. The Morgan fingerprint density at radius 1 is 1.04 bits per heavy atom. The standard InChI is InChI=1S/C20H16N2O2S/c23-17-10-4-9-16(17)20-22(15-7-2-1-3-8-15)19(24)18(25-20)12-14-6-5-11-21-13-14/h1-3,5-8,11-13H,4,9-10H2/b18-12+,20-16+. The number of benzene rings is 1. The minimum atomic E-state index is -0.0951. The highest BCUT2D eigenvalue weighted by Gasteiger charge is 2.21. The number of carbonyl (C=O) groups excluding carboxylic acids is 1. The molecule has 1 fully saturated rings. The molecular formula is C20H16N2O2S. The average Bonchev–Trinajstić information content (AvgIpc) is 3.20. The fourth-order valence-corrected chi connectivity index (χ4v) is 4.25. The van der Waals surface area contributed by atoms with Crippen molar-refractivity contribution in [2.45, 2.75) is 19.3 Å². The van der Waals surface area contributed by atoms with Crippen LogP contribution in [0.2, 0.25) is 0 Å². The molecule has 1 aliphatic rings. The molecule has 0 amide bonds. The fourth-order valence-electron chi connectivity index (χ4n) is 3.05. The summed E-state index contributed by atoms with van der Waals surface area (Å²) in [5, 5.41) is 0. The van der Waals surface area contributed by atoms with Crippen LogP contribution < -0.4 is 14.8 Å². The van der Waals surface area contributed by atoms with Crippen LogP contribution in [0.4, 0.5) is 0 Å². The van der Waals surface area contributed by atoms with Crippen LogP contribution in [0.3, 0.4) is 0 Å². The van der Waals surface area contributed by atoms with E-state index in [1.807, 2.05) is 48.5 Å². The number of carbonyl (C=O) groups is 1. The molecular weight excluding hydrogens is 332 g/mol. The zero-order chi connectivity index (χ0) is 17.2. The van der Waals surface area contributed by atoms with E-state index in [1.54, 1.807) is 17.0 Å². The van der Waals surface area contributed by atoms with Gasteiger partial charge in [-0.15, -0.1) is 11.3 Å². The Bertz CT molecular complexity index is 1100. The molecule has 0 spiro atoms. The molecule has 2 aromatic heterocycles. The quantitative estimate of drug-likeness (QED) is 0.712. The van der Waals surface area contributed by atoms with E-state index in [-0.39, 0.29) is 11.3 Å². The maximum absolute atomic E-state index is 13.1. The van der Waals surface area contributed by atoms with Crippen molar-refractivity contribution in [1.29, 1.82) is 0 Å². The third kappa shape index (κ3) is 2.98. The van der Waals surface area contributed by atoms with Crippen LogP contribution in [0.15, 0.2) is 59.7 Å². The van der Waals surface area contributed by atoms with Crippen molar-refractivity contribution in [3.05, 3.63) is 80.0 Å². The first kappa shape index (κ1) is 15.7. The second-order valence-electron chi connectivity index (χ2n) is 5.93. The van der Waals surface area contributed by atoms with Gasteiger partial charge in [-0.2, -0.15) is 0 Å². The van der Waals surface area contributed by atoms with E-state index in [0.29, 0.717) is 11.0 Å². The molecule has 124 valence electrons. The van der Waals surface area contributed by atoms with Gasteiger partial charge in [-0.05, 0) is 42.7 Å².